The summed E-state index contributed by atoms with van der Waals surface area (Å²) in [6, 6.07) is 8.02. The Labute approximate surface area is 102 Å². The Hall–Kier alpha value is -1.92. The molecule has 1 aromatic carbocycles. The van der Waals surface area contributed by atoms with E-state index < -0.39 is 18.8 Å². The van der Waals surface area contributed by atoms with Gasteiger partial charge < -0.3 is 15.4 Å². The molecule has 4 nitrogen and oxygen atoms in total. The normalized spacial score (nSPS) is 10.8. The van der Waals surface area contributed by atoms with E-state index in [9.17, 15) is 18.0 Å². The van der Waals surface area contributed by atoms with Crippen molar-refractivity contribution in [1.82, 2.24) is 10.6 Å². The van der Waals surface area contributed by atoms with Gasteiger partial charge in [-0.2, -0.15) is 13.2 Å². The number of rotatable bonds is 5. The number of para-hydroxylation sites is 1. The second-order valence-corrected chi connectivity index (χ2v) is 3.39. The molecule has 0 fully saturated rings. The van der Waals surface area contributed by atoms with Gasteiger partial charge in [0.1, 0.15) is 18.9 Å². The summed E-state index contributed by atoms with van der Waals surface area (Å²) in [6.45, 7) is -1.04. The minimum Gasteiger partial charge on any atom is -0.492 e. The van der Waals surface area contributed by atoms with Crippen LogP contribution in [0, 0.1) is 0 Å². The molecule has 0 aromatic heterocycles. The van der Waals surface area contributed by atoms with Gasteiger partial charge in [-0.15, -0.1) is 0 Å². The molecule has 0 bridgehead atoms. The number of alkyl halides is 3. The molecular formula is C11H13F3N2O2. The third-order valence-corrected chi connectivity index (χ3v) is 1.85. The molecule has 100 valence electrons. The largest absolute Gasteiger partial charge is 0.492 e. The zero-order valence-electron chi connectivity index (χ0n) is 9.46. The van der Waals surface area contributed by atoms with Crippen LogP contribution < -0.4 is 15.4 Å². The highest BCUT2D eigenvalue weighted by molar-refractivity contribution is 5.73. The number of hydrogen-bond donors (Lipinski definition) is 2. The first kappa shape index (κ1) is 14.1. The van der Waals surface area contributed by atoms with Crippen LogP contribution in [0.2, 0.25) is 0 Å². The van der Waals surface area contributed by atoms with Crippen molar-refractivity contribution >= 4 is 6.03 Å². The van der Waals surface area contributed by atoms with Crippen molar-refractivity contribution < 1.29 is 22.7 Å². The Bertz CT molecular complexity index is 368. The van der Waals surface area contributed by atoms with Crippen molar-refractivity contribution in [1.29, 1.82) is 0 Å². The average Bonchev–Trinajstić information content (AvgIpc) is 2.33. The topological polar surface area (TPSA) is 50.4 Å². The van der Waals surface area contributed by atoms with Crippen LogP contribution in [0.5, 0.6) is 5.75 Å². The van der Waals surface area contributed by atoms with Gasteiger partial charge in [-0.25, -0.2) is 4.79 Å². The lowest BCUT2D eigenvalue weighted by Gasteiger charge is -2.10. The smallest absolute Gasteiger partial charge is 0.405 e. The van der Waals surface area contributed by atoms with Crippen molar-refractivity contribution in [3.8, 4) is 5.75 Å². The van der Waals surface area contributed by atoms with E-state index in [0.717, 1.165) is 0 Å². The third-order valence-electron chi connectivity index (χ3n) is 1.85. The first-order valence-electron chi connectivity index (χ1n) is 5.24. The number of carbonyl (C=O) groups excluding carboxylic acids is 1. The lowest BCUT2D eigenvalue weighted by atomic mass is 10.3. The van der Waals surface area contributed by atoms with Crippen molar-refractivity contribution in [3.63, 3.8) is 0 Å². The molecule has 0 aliphatic heterocycles. The summed E-state index contributed by atoms with van der Waals surface area (Å²) in [5.74, 6) is 0.634. The average molecular weight is 262 g/mol. The molecule has 0 atom stereocenters. The van der Waals surface area contributed by atoms with Crippen LogP contribution >= 0.6 is 0 Å². The molecule has 0 heterocycles. The van der Waals surface area contributed by atoms with Crippen molar-refractivity contribution in [3.05, 3.63) is 30.3 Å². The van der Waals surface area contributed by atoms with E-state index in [0.29, 0.717) is 5.75 Å². The second kappa shape index (κ2) is 6.73. The first-order valence-corrected chi connectivity index (χ1v) is 5.24. The van der Waals surface area contributed by atoms with E-state index in [-0.39, 0.29) is 13.2 Å². The van der Waals surface area contributed by atoms with Crippen molar-refractivity contribution in [2.45, 2.75) is 6.18 Å². The van der Waals surface area contributed by atoms with Crippen LogP contribution in [0.3, 0.4) is 0 Å². The van der Waals surface area contributed by atoms with E-state index >= 15 is 0 Å². The van der Waals surface area contributed by atoms with E-state index in [1.54, 1.807) is 29.6 Å². The van der Waals surface area contributed by atoms with Crippen LogP contribution in [0.4, 0.5) is 18.0 Å². The van der Waals surface area contributed by atoms with Gasteiger partial charge in [0.2, 0.25) is 0 Å². The van der Waals surface area contributed by atoms with E-state index in [1.807, 2.05) is 6.07 Å². The van der Waals surface area contributed by atoms with E-state index in [2.05, 4.69) is 5.32 Å². The summed E-state index contributed by atoms with van der Waals surface area (Å²) in [7, 11) is 0. The summed E-state index contributed by atoms with van der Waals surface area (Å²) in [6.07, 6.45) is -4.40. The number of ether oxygens (including phenoxy) is 1. The van der Waals surface area contributed by atoms with Gasteiger partial charge in [-0.3, -0.25) is 0 Å². The highest BCUT2D eigenvalue weighted by Crippen LogP contribution is 2.11. The molecule has 0 radical (unpaired) electrons. The Balaban J connectivity index is 2.09. The van der Waals surface area contributed by atoms with Gasteiger partial charge in [0.25, 0.3) is 0 Å². The Kier molecular flexibility index (Phi) is 5.29. The fourth-order valence-electron chi connectivity index (χ4n) is 1.09. The van der Waals surface area contributed by atoms with E-state index in [1.165, 1.54) is 0 Å². The molecule has 2 amide bonds. The maximum absolute atomic E-state index is 11.8. The molecule has 7 heteroatoms. The lowest BCUT2D eigenvalue weighted by Crippen LogP contribution is -2.42. The molecule has 1 rings (SSSR count). The molecule has 0 saturated heterocycles. The minimum absolute atomic E-state index is 0.124. The highest BCUT2D eigenvalue weighted by atomic mass is 19.4. The second-order valence-electron chi connectivity index (χ2n) is 3.39. The number of nitrogens with one attached hydrogen (secondary N) is 2. The lowest BCUT2D eigenvalue weighted by molar-refractivity contribution is -0.122. The maximum atomic E-state index is 11.8. The first-order chi connectivity index (χ1) is 8.47. The molecule has 0 aliphatic rings. The summed E-state index contributed by atoms with van der Waals surface area (Å²) in [4.78, 5) is 10.9. The Morgan fingerprint density at radius 3 is 2.44 bits per heavy atom. The zero-order valence-corrected chi connectivity index (χ0v) is 9.46. The zero-order chi connectivity index (χ0) is 13.4. The minimum atomic E-state index is -4.40. The third kappa shape index (κ3) is 6.62. The van der Waals surface area contributed by atoms with Gasteiger partial charge in [0.15, 0.2) is 0 Å². The standard InChI is InChI=1S/C11H13F3N2O2/c12-11(13,14)8-16-10(17)15-6-7-18-9-4-2-1-3-5-9/h1-5H,6-8H2,(H2,15,16,17). The number of halogens is 3. The van der Waals surface area contributed by atoms with Crippen LogP contribution in [-0.2, 0) is 0 Å². The fourth-order valence-corrected chi connectivity index (χ4v) is 1.09. The fraction of sp³-hybridized carbons (Fsp3) is 0.364. The summed E-state index contributed by atoms with van der Waals surface area (Å²) < 4.78 is 40.5. The van der Waals surface area contributed by atoms with Crippen LogP contribution in [0.1, 0.15) is 0 Å². The van der Waals surface area contributed by atoms with Gasteiger partial charge in [0, 0.05) is 0 Å². The number of hydrogen-bond acceptors (Lipinski definition) is 2. The van der Waals surface area contributed by atoms with Crippen LogP contribution in [-0.4, -0.2) is 31.9 Å². The summed E-state index contributed by atoms with van der Waals surface area (Å²) in [5, 5.41) is 3.94. The molecule has 0 aliphatic carbocycles. The number of carbonyl (C=O) groups is 1. The van der Waals surface area contributed by atoms with Gasteiger partial charge in [0.05, 0.1) is 6.54 Å². The quantitative estimate of drug-likeness (QED) is 0.797. The SMILES string of the molecule is O=C(NCCOc1ccccc1)NCC(F)(F)F. The van der Waals surface area contributed by atoms with Gasteiger partial charge in [-0.1, -0.05) is 18.2 Å². The monoisotopic (exact) mass is 262 g/mol. The molecule has 1 aromatic rings. The Morgan fingerprint density at radius 1 is 1.17 bits per heavy atom. The molecule has 18 heavy (non-hydrogen) atoms. The molecule has 2 N–H and O–H groups in total. The van der Waals surface area contributed by atoms with Gasteiger partial charge in [-0.05, 0) is 12.1 Å². The van der Waals surface area contributed by atoms with Crippen molar-refractivity contribution in [2.24, 2.45) is 0 Å². The van der Waals surface area contributed by atoms with E-state index in [4.69, 9.17) is 4.74 Å². The van der Waals surface area contributed by atoms with Crippen molar-refractivity contribution in [2.75, 3.05) is 19.7 Å². The number of amides is 2. The predicted octanol–water partition coefficient (Wildman–Crippen LogP) is 1.93. The number of urea groups is 1. The molecule has 0 saturated carbocycles. The van der Waals surface area contributed by atoms with Crippen LogP contribution in [0.15, 0.2) is 30.3 Å². The molecule has 0 unspecified atom stereocenters. The summed E-state index contributed by atoms with van der Waals surface area (Å²) >= 11 is 0. The van der Waals surface area contributed by atoms with Gasteiger partial charge >= 0.3 is 12.2 Å². The van der Waals surface area contributed by atoms with Crippen LogP contribution in [0.25, 0.3) is 0 Å². The Morgan fingerprint density at radius 2 is 1.83 bits per heavy atom. The summed E-state index contributed by atoms with van der Waals surface area (Å²) in [5.41, 5.74) is 0. The molecular weight excluding hydrogens is 249 g/mol. The maximum Gasteiger partial charge on any atom is 0.405 e. The number of benzene rings is 1. The molecule has 0 spiro atoms. The highest BCUT2D eigenvalue weighted by Gasteiger charge is 2.27. The predicted molar refractivity (Wildman–Crippen MR) is 59.4 cm³/mol.